The molecule has 2 rings (SSSR count). The molecule has 1 aliphatic heterocycles. The predicted molar refractivity (Wildman–Crippen MR) is 84.0 cm³/mol. The molecule has 1 aliphatic rings. The zero-order chi connectivity index (χ0) is 14.2. The average Bonchev–Trinajstić information content (AvgIpc) is 2.46. The molecule has 1 aromatic heterocycles. The Hall–Kier alpha value is -1.56. The largest absolute Gasteiger partial charge is 0.370 e. The minimum absolute atomic E-state index is 0.312. The molecule has 0 amide bonds. The van der Waals surface area contributed by atoms with Crippen LogP contribution in [0.3, 0.4) is 0 Å². The van der Waals surface area contributed by atoms with Crippen molar-refractivity contribution in [2.75, 3.05) is 49.1 Å². The molecule has 4 N–H and O–H groups in total. The lowest BCUT2D eigenvalue weighted by Crippen LogP contribution is -2.33. The van der Waals surface area contributed by atoms with Crippen molar-refractivity contribution in [3.63, 3.8) is 0 Å². The minimum atomic E-state index is 0.312. The van der Waals surface area contributed by atoms with E-state index in [-0.39, 0.29) is 0 Å². The highest BCUT2D eigenvalue weighted by atomic mass is 15.2. The summed E-state index contributed by atoms with van der Waals surface area (Å²) < 4.78 is 0. The first-order valence-electron chi connectivity index (χ1n) is 7.62. The molecule has 0 atom stereocenters. The van der Waals surface area contributed by atoms with Crippen LogP contribution in [0.4, 0.5) is 17.6 Å². The van der Waals surface area contributed by atoms with Gasteiger partial charge in [-0.3, -0.25) is 0 Å². The molecule has 0 bridgehead atoms. The lowest BCUT2D eigenvalue weighted by atomic mass is 10.1. The molecule has 0 unspecified atom stereocenters. The summed E-state index contributed by atoms with van der Waals surface area (Å²) in [4.78, 5) is 10.9. The number of nitrogens with zero attached hydrogens (tertiary/aromatic N) is 3. The highest BCUT2D eigenvalue weighted by molar-refractivity contribution is 5.50. The van der Waals surface area contributed by atoms with Crippen LogP contribution in [0.5, 0.6) is 0 Å². The minimum Gasteiger partial charge on any atom is -0.370 e. The number of rotatable bonds is 7. The number of nitrogens with one attached hydrogen (secondary N) is 2. The normalized spacial score (nSPS) is 16.1. The number of aromatic nitrogens is 2. The molecule has 112 valence electrons. The Morgan fingerprint density at radius 3 is 2.40 bits per heavy atom. The molecule has 1 saturated heterocycles. The highest BCUT2D eigenvalue weighted by Gasteiger charge is 2.09. The molecule has 0 aromatic carbocycles. The highest BCUT2D eigenvalue weighted by Crippen LogP contribution is 2.13. The van der Waals surface area contributed by atoms with Crippen molar-refractivity contribution in [1.29, 1.82) is 0 Å². The second-order valence-corrected chi connectivity index (χ2v) is 5.25. The number of anilines is 3. The summed E-state index contributed by atoms with van der Waals surface area (Å²) in [6, 6.07) is 1.92. The van der Waals surface area contributed by atoms with Gasteiger partial charge in [0.05, 0.1) is 0 Å². The van der Waals surface area contributed by atoms with Crippen LogP contribution in [0.2, 0.25) is 0 Å². The van der Waals surface area contributed by atoms with Gasteiger partial charge in [0.1, 0.15) is 11.6 Å². The van der Waals surface area contributed by atoms with Crippen LogP contribution in [-0.4, -0.2) is 47.6 Å². The summed E-state index contributed by atoms with van der Waals surface area (Å²) in [5.41, 5.74) is 5.73. The number of piperidine rings is 1. The van der Waals surface area contributed by atoms with E-state index in [0.29, 0.717) is 5.95 Å². The lowest BCUT2D eigenvalue weighted by molar-refractivity contribution is 0.237. The molecule has 6 nitrogen and oxygen atoms in total. The van der Waals surface area contributed by atoms with Crippen LogP contribution in [0.1, 0.15) is 32.6 Å². The standard InChI is InChI=1S/C14H26N6/c1-2-6-16-12-11-13(19-14(15)18-12)17-7-10-20-8-4-3-5-9-20/h11H,2-10H2,1H3,(H4,15,16,17,18,19). The van der Waals surface area contributed by atoms with Gasteiger partial charge < -0.3 is 21.3 Å². The van der Waals surface area contributed by atoms with Gasteiger partial charge in [-0.15, -0.1) is 0 Å². The third-order valence-corrected chi connectivity index (χ3v) is 3.48. The van der Waals surface area contributed by atoms with E-state index in [1.807, 2.05) is 6.07 Å². The summed E-state index contributed by atoms with van der Waals surface area (Å²) in [5.74, 6) is 1.90. The molecule has 0 saturated carbocycles. The van der Waals surface area contributed by atoms with E-state index >= 15 is 0 Å². The maximum absolute atomic E-state index is 5.73. The Bertz CT molecular complexity index is 403. The quantitative estimate of drug-likeness (QED) is 0.705. The molecule has 6 heteroatoms. The Morgan fingerprint density at radius 2 is 1.75 bits per heavy atom. The van der Waals surface area contributed by atoms with Crippen molar-refractivity contribution in [3.05, 3.63) is 6.07 Å². The number of likely N-dealkylation sites (tertiary alicyclic amines) is 1. The predicted octanol–water partition coefficient (Wildman–Crippen LogP) is 1.78. The van der Waals surface area contributed by atoms with Gasteiger partial charge >= 0.3 is 0 Å². The maximum Gasteiger partial charge on any atom is 0.223 e. The summed E-state index contributed by atoms with van der Waals surface area (Å²) in [6.07, 6.45) is 5.08. The van der Waals surface area contributed by atoms with Crippen molar-refractivity contribution in [2.45, 2.75) is 32.6 Å². The maximum atomic E-state index is 5.73. The van der Waals surface area contributed by atoms with Gasteiger partial charge in [-0.25, -0.2) is 0 Å². The molecular weight excluding hydrogens is 252 g/mol. The lowest BCUT2D eigenvalue weighted by Gasteiger charge is -2.26. The Balaban J connectivity index is 1.80. The van der Waals surface area contributed by atoms with E-state index in [0.717, 1.165) is 37.7 Å². The number of nitrogens with two attached hydrogens (primary N) is 1. The second-order valence-electron chi connectivity index (χ2n) is 5.25. The fourth-order valence-electron chi connectivity index (χ4n) is 2.43. The average molecular weight is 278 g/mol. The van der Waals surface area contributed by atoms with Crippen molar-refractivity contribution < 1.29 is 0 Å². The summed E-state index contributed by atoms with van der Waals surface area (Å²) >= 11 is 0. The summed E-state index contributed by atoms with van der Waals surface area (Å²) in [6.45, 7) is 7.40. The third kappa shape index (κ3) is 4.85. The first kappa shape index (κ1) is 14.8. The van der Waals surface area contributed by atoms with Crippen LogP contribution in [0, 0.1) is 0 Å². The fourth-order valence-corrected chi connectivity index (χ4v) is 2.43. The molecule has 0 spiro atoms. The van der Waals surface area contributed by atoms with Crippen LogP contribution < -0.4 is 16.4 Å². The van der Waals surface area contributed by atoms with Crippen LogP contribution in [0.25, 0.3) is 0 Å². The molecule has 1 fully saturated rings. The number of hydrogen-bond acceptors (Lipinski definition) is 6. The van der Waals surface area contributed by atoms with Crippen LogP contribution in [-0.2, 0) is 0 Å². The second kappa shape index (κ2) is 7.89. The van der Waals surface area contributed by atoms with E-state index in [1.165, 1.54) is 32.4 Å². The molecule has 2 heterocycles. The van der Waals surface area contributed by atoms with E-state index in [1.54, 1.807) is 0 Å². The number of hydrogen-bond donors (Lipinski definition) is 3. The molecule has 20 heavy (non-hydrogen) atoms. The molecule has 0 radical (unpaired) electrons. The third-order valence-electron chi connectivity index (χ3n) is 3.48. The van der Waals surface area contributed by atoms with Gasteiger partial charge in [-0.1, -0.05) is 13.3 Å². The molecular formula is C14H26N6. The molecule has 0 aliphatic carbocycles. The summed E-state index contributed by atoms with van der Waals surface area (Å²) in [7, 11) is 0. The first-order valence-corrected chi connectivity index (χ1v) is 7.62. The zero-order valence-electron chi connectivity index (χ0n) is 12.4. The SMILES string of the molecule is CCCNc1cc(NCCN2CCCCC2)nc(N)n1. The monoisotopic (exact) mass is 278 g/mol. The van der Waals surface area contributed by atoms with Gasteiger partial charge in [-0.05, 0) is 32.4 Å². The van der Waals surface area contributed by atoms with Crippen molar-refractivity contribution in [1.82, 2.24) is 14.9 Å². The topological polar surface area (TPSA) is 79.1 Å². The number of nitrogen functional groups attached to an aromatic ring is 1. The Labute approximate surface area is 121 Å². The zero-order valence-corrected chi connectivity index (χ0v) is 12.4. The van der Waals surface area contributed by atoms with Crippen molar-refractivity contribution in [3.8, 4) is 0 Å². The van der Waals surface area contributed by atoms with Crippen molar-refractivity contribution >= 4 is 17.6 Å². The Kier molecular flexibility index (Phi) is 5.86. The van der Waals surface area contributed by atoms with Crippen molar-refractivity contribution in [2.24, 2.45) is 0 Å². The van der Waals surface area contributed by atoms with Gasteiger partial charge in [0.15, 0.2) is 0 Å². The van der Waals surface area contributed by atoms with Gasteiger partial charge in [0, 0.05) is 25.7 Å². The first-order chi connectivity index (χ1) is 9.78. The molecule has 1 aromatic rings. The van der Waals surface area contributed by atoms with E-state index < -0.39 is 0 Å². The van der Waals surface area contributed by atoms with Crippen LogP contribution in [0.15, 0.2) is 6.07 Å². The van der Waals surface area contributed by atoms with E-state index in [4.69, 9.17) is 5.73 Å². The smallest absolute Gasteiger partial charge is 0.223 e. The Morgan fingerprint density at radius 1 is 1.10 bits per heavy atom. The van der Waals surface area contributed by atoms with Gasteiger partial charge in [0.2, 0.25) is 5.95 Å². The van der Waals surface area contributed by atoms with Crippen LogP contribution >= 0.6 is 0 Å². The summed E-state index contributed by atoms with van der Waals surface area (Å²) in [5, 5.41) is 6.57. The van der Waals surface area contributed by atoms with E-state index in [2.05, 4.69) is 32.4 Å². The van der Waals surface area contributed by atoms with Gasteiger partial charge in [0.25, 0.3) is 0 Å². The fraction of sp³-hybridized carbons (Fsp3) is 0.714. The van der Waals surface area contributed by atoms with E-state index in [9.17, 15) is 0 Å². The van der Waals surface area contributed by atoms with Gasteiger partial charge in [-0.2, -0.15) is 9.97 Å².